The van der Waals surface area contributed by atoms with E-state index < -0.39 is 17.5 Å². The molecule has 0 bridgehead atoms. The van der Waals surface area contributed by atoms with Crippen molar-refractivity contribution in [3.05, 3.63) is 83.9 Å². The molecule has 0 saturated carbocycles. The first-order chi connectivity index (χ1) is 15.2. The van der Waals surface area contributed by atoms with E-state index in [1.54, 1.807) is 6.08 Å². The van der Waals surface area contributed by atoms with E-state index in [1.807, 2.05) is 60.7 Å². The van der Waals surface area contributed by atoms with E-state index in [2.05, 4.69) is 39.2 Å². The number of allylic oxidation sites excluding steroid dienone is 5. The molecule has 1 aromatic rings. The molecule has 32 heavy (non-hydrogen) atoms. The molecule has 186 valence electrons. The Kier molecular flexibility index (Phi) is 31.1. The zero-order valence-electron chi connectivity index (χ0n) is 22.2. The van der Waals surface area contributed by atoms with E-state index in [1.165, 1.54) is 30.4 Å². The van der Waals surface area contributed by atoms with Gasteiger partial charge in [0.25, 0.3) is 0 Å². The molecule has 0 heterocycles. The van der Waals surface area contributed by atoms with Crippen LogP contribution in [-0.2, 0) is 0 Å². The van der Waals surface area contributed by atoms with Gasteiger partial charge < -0.3 is 5.32 Å². The van der Waals surface area contributed by atoms with Gasteiger partial charge in [0.05, 0.1) is 0 Å². The lowest BCUT2D eigenvalue weighted by Crippen LogP contribution is -2.05. The largest absolute Gasteiger partial charge is 0.388 e. The second-order valence-corrected chi connectivity index (χ2v) is 6.49. The molecule has 1 rings (SSSR count). The molecule has 0 amide bonds. The summed E-state index contributed by atoms with van der Waals surface area (Å²) in [5.74, 6) is -3.06. The molecule has 0 saturated heterocycles. The van der Waals surface area contributed by atoms with Gasteiger partial charge in [-0.25, -0.2) is 13.2 Å². The molecule has 0 fully saturated rings. The summed E-state index contributed by atoms with van der Waals surface area (Å²) in [5, 5.41) is 3.08. The third-order valence-corrected chi connectivity index (χ3v) is 3.92. The second kappa shape index (κ2) is 26.8. The minimum absolute atomic E-state index is 0.677. The van der Waals surface area contributed by atoms with Gasteiger partial charge in [-0.3, -0.25) is 0 Å². The number of hydrogen-bond donors (Lipinski definition) is 1. The maximum atomic E-state index is 12.0. The highest BCUT2D eigenvalue weighted by Gasteiger charge is 2.04. The number of nitrogens with one attached hydrogen (secondary N) is 1. The molecule has 4 heteroatoms. The van der Waals surface area contributed by atoms with Gasteiger partial charge in [0, 0.05) is 12.7 Å². The first-order valence-electron chi connectivity index (χ1n) is 11.6. The van der Waals surface area contributed by atoms with Crippen molar-refractivity contribution < 1.29 is 13.2 Å². The zero-order chi connectivity index (χ0) is 26.1. The molecule has 0 aliphatic rings. The molecule has 0 aliphatic heterocycles. The maximum absolute atomic E-state index is 12.0. The van der Waals surface area contributed by atoms with Gasteiger partial charge in [-0.05, 0) is 50.3 Å². The van der Waals surface area contributed by atoms with Crippen molar-refractivity contribution >= 4 is 0 Å². The van der Waals surface area contributed by atoms with Crippen LogP contribution in [0, 0.1) is 23.4 Å². The lowest BCUT2D eigenvalue weighted by atomic mass is 10.00. The van der Waals surface area contributed by atoms with Crippen molar-refractivity contribution in [3.63, 3.8) is 0 Å². The number of rotatable bonds is 7. The van der Waals surface area contributed by atoms with Crippen molar-refractivity contribution in [1.82, 2.24) is 5.32 Å². The van der Waals surface area contributed by atoms with Crippen LogP contribution in [0.25, 0.3) is 0 Å². The molecule has 0 spiro atoms. The predicted molar refractivity (Wildman–Crippen MR) is 139 cm³/mol. The Balaban J connectivity index is -0.000000170. The highest BCUT2D eigenvalue weighted by atomic mass is 19.2. The van der Waals surface area contributed by atoms with Gasteiger partial charge in [0.1, 0.15) is 0 Å². The summed E-state index contributed by atoms with van der Waals surface area (Å²) in [6, 6.07) is 2.82. The van der Waals surface area contributed by atoms with Crippen molar-refractivity contribution in [2.75, 3.05) is 7.05 Å². The lowest BCUT2D eigenvalue weighted by molar-refractivity contribution is 0.447. The average molecular weight is 456 g/mol. The monoisotopic (exact) mass is 455 g/mol. The van der Waals surface area contributed by atoms with Crippen molar-refractivity contribution in [1.29, 1.82) is 0 Å². The summed E-state index contributed by atoms with van der Waals surface area (Å²) in [6.45, 7) is 26.3. The number of halogens is 3. The smallest absolute Gasteiger partial charge is 0.194 e. The normalized spacial score (nSPS) is 10.1. The summed E-state index contributed by atoms with van der Waals surface area (Å²) in [5.41, 5.74) is 3.76. The first kappa shape index (κ1) is 37.1. The molecule has 0 unspecified atom stereocenters. The maximum Gasteiger partial charge on any atom is 0.194 e. The highest BCUT2D eigenvalue weighted by molar-refractivity contribution is 5.29. The Morgan fingerprint density at radius 1 is 1.06 bits per heavy atom. The summed E-state index contributed by atoms with van der Waals surface area (Å²) >= 11 is 0. The van der Waals surface area contributed by atoms with Crippen LogP contribution in [-0.4, -0.2) is 7.05 Å². The van der Waals surface area contributed by atoms with Crippen LogP contribution in [0.3, 0.4) is 0 Å². The fraction of sp³-hybridized carbons (Fsp3) is 0.500. The van der Waals surface area contributed by atoms with Crippen LogP contribution in [0.2, 0.25) is 0 Å². The third-order valence-electron chi connectivity index (χ3n) is 3.92. The minimum Gasteiger partial charge on any atom is -0.388 e. The molecule has 1 N–H and O–H groups in total. The molecule has 0 aromatic heterocycles. The highest BCUT2D eigenvalue weighted by Crippen LogP contribution is 2.13. The fourth-order valence-electron chi connectivity index (χ4n) is 2.01. The molecule has 0 atom stereocenters. The van der Waals surface area contributed by atoms with E-state index in [0.29, 0.717) is 5.92 Å². The van der Waals surface area contributed by atoms with Crippen LogP contribution < -0.4 is 5.32 Å². The third kappa shape index (κ3) is 21.0. The van der Waals surface area contributed by atoms with E-state index in [-0.39, 0.29) is 0 Å². The van der Waals surface area contributed by atoms with E-state index in [9.17, 15) is 13.2 Å². The Morgan fingerprint density at radius 2 is 1.53 bits per heavy atom. The van der Waals surface area contributed by atoms with Gasteiger partial charge in [-0.2, -0.15) is 0 Å². The molecule has 1 nitrogen and oxygen atoms in total. The molecule has 0 radical (unpaired) electrons. The van der Waals surface area contributed by atoms with Gasteiger partial charge in [0.2, 0.25) is 0 Å². The Hall–Kier alpha value is -2.23. The van der Waals surface area contributed by atoms with Crippen LogP contribution in [0.5, 0.6) is 0 Å². The van der Waals surface area contributed by atoms with Gasteiger partial charge >= 0.3 is 0 Å². The number of likely N-dealkylation sites (N-methyl/N-ethyl adjacent to an activating group) is 1. The summed E-state index contributed by atoms with van der Waals surface area (Å²) in [7, 11) is 1.91. The van der Waals surface area contributed by atoms with Gasteiger partial charge in [0.15, 0.2) is 17.5 Å². The van der Waals surface area contributed by atoms with Crippen molar-refractivity contribution in [2.24, 2.45) is 5.92 Å². The SMILES string of the molecule is C=C(CCCC)C(C)C.C=C/C=C(C)\C(=C/C)NC.CC.CC.Fc1cccc(F)c1F. The molecule has 0 aliphatic carbocycles. The molecular formula is C28H48F3N. The van der Waals surface area contributed by atoms with Gasteiger partial charge in [-0.15, -0.1) is 0 Å². The van der Waals surface area contributed by atoms with E-state index >= 15 is 0 Å². The molecule has 1 aromatic carbocycles. The summed E-state index contributed by atoms with van der Waals surface area (Å²) in [4.78, 5) is 0. The number of benzene rings is 1. The van der Waals surface area contributed by atoms with Crippen LogP contribution in [0.1, 0.15) is 81.6 Å². The fourth-order valence-corrected chi connectivity index (χ4v) is 2.01. The zero-order valence-corrected chi connectivity index (χ0v) is 22.2. The lowest BCUT2D eigenvalue weighted by Gasteiger charge is -2.06. The van der Waals surface area contributed by atoms with E-state index in [4.69, 9.17) is 0 Å². The second-order valence-electron chi connectivity index (χ2n) is 6.49. The van der Waals surface area contributed by atoms with Crippen molar-refractivity contribution in [3.8, 4) is 0 Å². The number of unbranched alkanes of at least 4 members (excludes halogenated alkanes) is 1. The quantitative estimate of drug-likeness (QED) is 0.245. The van der Waals surface area contributed by atoms with Crippen LogP contribution in [0.15, 0.2) is 66.4 Å². The van der Waals surface area contributed by atoms with Crippen LogP contribution in [0.4, 0.5) is 13.2 Å². The average Bonchev–Trinajstić information content (AvgIpc) is 2.80. The first-order valence-corrected chi connectivity index (χ1v) is 11.6. The summed E-state index contributed by atoms with van der Waals surface area (Å²) in [6.07, 6.45) is 9.61. The van der Waals surface area contributed by atoms with E-state index in [0.717, 1.165) is 23.9 Å². The van der Waals surface area contributed by atoms with Crippen molar-refractivity contribution in [2.45, 2.75) is 81.6 Å². The Morgan fingerprint density at radius 3 is 1.81 bits per heavy atom. The summed E-state index contributed by atoms with van der Waals surface area (Å²) < 4.78 is 35.9. The minimum atomic E-state index is -1.42. The Labute approximate surface area is 197 Å². The van der Waals surface area contributed by atoms with Gasteiger partial charge in [-0.1, -0.05) is 97.9 Å². The molecular weight excluding hydrogens is 407 g/mol. The standard InChI is InChI=1S/C9H15N.C9H18.C6H3F3.2C2H6/c1-5-7-8(3)9(6-2)10-4;1-5-6-7-9(4)8(2)3;7-4-2-1-3-5(8)6(4)9;2*1-2/h5-7,10H,1H2,2-4H3;8H,4-7H2,1-3H3;1-3H;2*1-2H3/b8-7-,9-6+;;;;. The predicted octanol–water partition coefficient (Wildman–Crippen LogP) is 9.79. The van der Waals surface area contributed by atoms with Crippen LogP contribution >= 0.6 is 0 Å². The number of hydrogen-bond acceptors (Lipinski definition) is 1. The Bertz CT molecular complexity index is 624. The topological polar surface area (TPSA) is 12.0 Å².